The average Bonchev–Trinajstić information content (AvgIpc) is 2.39. The Bertz CT molecular complexity index is 778. The van der Waals surface area contributed by atoms with Crippen molar-refractivity contribution >= 4 is 34.2 Å². The summed E-state index contributed by atoms with van der Waals surface area (Å²) in [5, 5.41) is 13.6. The molecule has 0 aliphatic carbocycles. The Labute approximate surface area is 105 Å². The Morgan fingerprint density at radius 1 is 1.00 bits per heavy atom. The first-order valence-corrected chi connectivity index (χ1v) is 5.81. The zero-order valence-electron chi connectivity index (χ0n) is 9.97. The SMILES string of the molecule is Cc1ccc2c(O)c3ccccc3cc2c1B=O. The van der Waals surface area contributed by atoms with Crippen LogP contribution in [0.3, 0.4) is 0 Å². The van der Waals surface area contributed by atoms with Gasteiger partial charge in [-0.1, -0.05) is 0 Å². The van der Waals surface area contributed by atoms with E-state index in [1.165, 1.54) is 0 Å². The summed E-state index contributed by atoms with van der Waals surface area (Å²) in [6, 6.07) is 13.3. The number of rotatable bonds is 1. The van der Waals surface area contributed by atoms with Crippen molar-refractivity contribution in [1.82, 2.24) is 0 Å². The van der Waals surface area contributed by atoms with E-state index in [9.17, 15) is 9.81 Å². The maximum absolute atomic E-state index is 11.2. The molecule has 3 rings (SSSR count). The van der Waals surface area contributed by atoms with Crippen LogP contribution in [-0.4, -0.2) is 12.3 Å². The number of aromatic hydroxyl groups is 1. The molecule has 0 unspecified atom stereocenters. The van der Waals surface area contributed by atoms with E-state index in [1.54, 1.807) is 0 Å². The molecule has 0 radical (unpaired) electrons. The van der Waals surface area contributed by atoms with Gasteiger partial charge in [-0.3, -0.25) is 0 Å². The molecule has 0 amide bonds. The molecule has 0 bridgehead atoms. The molecule has 0 spiro atoms. The molecule has 18 heavy (non-hydrogen) atoms. The van der Waals surface area contributed by atoms with Gasteiger partial charge in [0.1, 0.15) is 0 Å². The van der Waals surface area contributed by atoms with Gasteiger partial charge in [-0.2, -0.15) is 0 Å². The molecule has 0 atom stereocenters. The normalized spacial score (nSPS) is 10.7. The molecule has 0 aliphatic heterocycles. The van der Waals surface area contributed by atoms with Crippen molar-refractivity contribution in [3.8, 4) is 5.75 Å². The van der Waals surface area contributed by atoms with E-state index in [4.69, 9.17) is 0 Å². The number of hydrogen-bond acceptors (Lipinski definition) is 2. The molecule has 86 valence electrons. The van der Waals surface area contributed by atoms with Crippen LogP contribution in [0.25, 0.3) is 21.5 Å². The Kier molecular flexibility index (Phi) is 2.41. The molecule has 1 N–H and O–H groups in total. The van der Waals surface area contributed by atoms with Crippen molar-refractivity contribution in [2.75, 3.05) is 0 Å². The van der Waals surface area contributed by atoms with Gasteiger partial charge in [-0.15, -0.1) is 0 Å². The molecule has 0 aromatic heterocycles. The minimum absolute atomic E-state index is 0.242. The quantitative estimate of drug-likeness (QED) is 0.519. The predicted molar refractivity (Wildman–Crippen MR) is 73.9 cm³/mol. The first-order chi connectivity index (χ1) is 8.72. The third-order valence-corrected chi connectivity index (χ3v) is 3.39. The van der Waals surface area contributed by atoms with Crippen LogP contribution in [-0.2, 0) is 4.70 Å². The first-order valence-electron chi connectivity index (χ1n) is 5.81. The number of benzene rings is 3. The molecular weight excluding hydrogens is 223 g/mol. The summed E-state index contributed by atoms with van der Waals surface area (Å²) in [6.45, 7) is 1.90. The van der Waals surface area contributed by atoms with Crippen LogP contribution in [0.1, 0.15) is 5.56 Å². The summed E-state index contributed by atoms with van der Waals surface area (Å²) in [4.78, 5) is 0. The predicted octanol–water partition coefficient (Wildman–Crippen LogP) is 2.68. The van der Waals surface area contributed by atoms with Gasteiger partial charge in [0, 0.05) is 0 Å². The molecule has 3 aromatic rings. The van der Waals surface area contributed by atoms with E-state index in [1.807, 2.05) is 49.4 Å². The first kappa shape index (κ1) is 11.0. The number of phenols is 1. The average molecular weight is 234 g/mol. The van der Waals surface area contributed by atoms with Crippen molar-refractivity contribution in [3.63, 3.8) is 0 Å². The van der Waals surface area contributed by atoms with Gasteiger partial charge < -0.3 is 0 Å². The van der Waals surface area contributed by atoms with Crippen LogP contribution in [0.5, 0.6) is 5.75 Å². The number of fused-ring (bicyclic) bond motifs is 2. The topological polar surface area (TPSA) is 37.3 Å². The van der Waals surface area contributed by atoms with E-state index in [0.29, 0.717) is 5.46 Å². The van der Waals surface area contributed by atoms with E-state index < -0.39 is 0 Å². The molecular formula is C15H11BO2. The fraction of sp³-hybridized carbons (Fsp3) is 0.0667. The number of phenolic OH excluding ortho intramolecular Hbond substituents is 1. The van der Waals surface area contributed by atoms with Gasteiger partial charge in [0.2, 0.25) is 0 Å². The third kappa shape index (κ3) is 1.44. The standard InChI is InChI=1S/C15H11BO2/c1-9-6-7-12-13(14(9)16-18)8-10-4-2-3-5-11(10)15(12)17/h2-8,17H,1H3. The molecule has 0 fully saturated rings. The zero-order valence-corrected chi connectivity index (χ0v) is 9.97. The van der Waals surface area contributed by atoms with E-state index >= 15 is 0 Å². The summed E-state index contributed by atoms with van der Waals surface area (Å²) >= 11 is 0. The fourth-order valence-corrected chi connectivity index (χ4v) is 2.40. The second kappa shape index (κ2) is 3.95. The molecule has 0 aliphatic rings. The van der Waals surface area contributed by atoms with Crippen LogP contribution in [0.2, 0.25) is 0 Å². The van der Waals surface area contributed by atoms with Gasteiger partial charge in [0.15, 0.2) is 0 Å². The molecule has 2 nitrogen and oxygen atoms in total. The van der Waals surface area contributed by atoms with Crippen molar-refractivity contribution in [1.29, 1.82) is 0 Å². The summed E-state index contributed by atoms with van der Waals surface area (Å²) in [6.07, 6.45) is 0. The number of hydrogen-bond donors (Lipinski definition) is 1. The van der Waals surface area contributed by atoms with Crippen LogP contribution in [0, 0.1) is 6.92 Å². The minimum atomic E-state index is 0.242. The summed E-state index contributed by atoms with van der Waals surface area (Å²) in [5.41, 5.74) is 1.57. The number of aryl methyl sites for hydroxylation is 1. The molecule has 3 heteroatoms. The van der Waals surface area contributed by atoms with Crippen molar-refractivity contribution in [2.45, 2.75) is 6.92 Å². The molecule has 3 aromatic carbocycles. The van der Waals surface area contributed by atoms with Gasteiger partial charge in [-0.05, 0) is 0 Å². The van der Waals surface area contributed by atoms with Crippen molar-refractivity contribution < 1.29 is 9.81 Å². The van der Waals surface area contributed by atoms with Crippen LogP contribution in [0.15, 0.2) is 42.5 Å². The van der Waals surface area contributed by atoms with Crippen LogP contribution in [0.4, 0.5) is 0 Å². The molecule has 0 saturated heterocycles. The van der Waals surface area contributed by atoms with E-state index in [0.717, 1.165) is 34.3 Å². The van der Waals surface area contributed by atoms with Gasteiger partial charge in [-0.25, -0.2) is 0 Å². The Hall–Kier alpha value is -2.16. The monoisotopic (exact) mass is 234 g/mol. The van der Waals surface area contributed by atoms with Crippen molar-refractivity contribution in [3.05, 3.63) is 48.0 Å². The summed E-state index contributed by atoms with van der Waals surface area (Å²) in [5.74, 6) is 0.242. The van der Waals surface area contributed by atoms with Gasteiger partial charge >= 0.3 is 105 Å². The van der Waals surface area contributed by atoms with Crippen LogP contribution >= 0.6 is 0 Å². The van der Waals surface area contributed by atoms with Crippen LogP contribution < -0.4 is 5.46 Å². The Morgan fingerprint density at radius 2 is 1.78 bits per heavy atom. The summed E-state index contributed by atoms with van der Waals surface area (Å²) < 4.78 is 11.2. The van der Waals surface area contributed by atoms with Gasteiger partial charge in [0.25, 0.3) is 0 Å². The molecule has 0 heterocycles. The fourth-order valence-electron chi connectivity index (χ4n) is 2.40. The van der Waals surface area contributed by atoms with E-state index in [-0.39, 0.29) is 5.75 Å². The second-order valence-electron chi connectivity index (χ2n) is 4.46. The Morgan fingerprint density at radius 3 is 2.56 bits per heavy atom. The van der Waals surface area contributed by atoms with Crippen molar-refractivity contribution in [2.24, 2.45) is 0 Å². The van der Waals surface area contributed by atoms with E-state index in [2.05, 4.69) is 0 Å². The van der Waals surface area contributed by atoms with Gasteiger partial charge in [0.05, 0.1) is 0 Å². The zero-order chi connectivity index (χ0) is 12.7. The second-order valence-corrected chi connectivity index (χ2v) is 4.46. The third-order valence-electron chi connectivity index (χ3n) is 3.39. The Balaban J connectivity index is 2.59. The maximum atomic E-state index is 11.2. The molecule has 0 saturated carbocycles. The summed E-state index contributed by atoms with van der Waals surface area (Å²) in [7, 11) is 0.853.